The summed E-state index contributed by atoms with van der Waals surface area (Å²) in [5, 5.41) is 0.213. The second-order valence-electron chi connectivity index (χ2n) is 12.1. The van der Waals surface area contributed by atoms with E-state index in [0.717, 1.165) is 18.4 Å². The highest BCUT2D eigenvalue weighted by Crippen LogP contribution is 2.59. The third-order valence-corrected chi connectivity index (χ3v) is 14.7. The van der Waals surface area contributed by atoms with Crippen LogP contribution in [0, 0.1) is 30.1 Å². The van der Waals surface area contributed by atoms with Crippen molar-refractivity contribution < 1.29 is 17.0 Å². The number of benzene rings is 1. The number of rotatable bonds is 7. The van der Waals surface area contributed by atoms with Gasteiger partial charge in [-0.3, -0.25) is 4.18 Å². The van der Waals surface area contributed by atoms with Crippen molar-refractivity contribution in [2.24, 2.45) is 23.2 Å². The summed E-state index contributed by atoms with van der Waals surface area (Å²) in [6.07, 6.45) is 6.20. The molecule has 2 aliphatic carbocycles. The maximum absolute atomic E-state index is 12.7. The minimum atomic E-state index is -3.72. The zero-order valence-electron chi connectivity index (χ0n) is 21.4. The van der Waals surface area contributed by atoms with Crippen LogP contribution < -0.4 is 0 Å². The molecule has 0 unspecified atom stereocenters. The van der Waals surface area contributed by atoms with Gasteiger partial charge in [0.2, 0.25) is 0 Å². The fourth-order valence-corrected chi connectivity index (χ4v) is 8.27. The Kier molecular flexibility index (Phi) is 7.42. The molecule has 0 heterocycles. The van der Waals surface area contributed by atoms with Gasteiger partial charge in [0, 0.05) is 6.10 Å². The summed E-state index contributed by atoms with van der Waals surface area (Å²) < 4.78 is 37.9. The van der Waals surface area contributed by atoms with Crippen molar-refractivity contribution >= 4 is 18.4 Å². The molecule has 0 spiro atoms. The fourth-order valence-electron chi connectivity index (χ4n) is 5.88. The summed E-state index contributed by atoms with van der Waals surface area (Å²) in [6, 6.07) is 6.89. The maximum atomic E-state index is 12.7. The molecule has 1 aromatic carbocycles. The molecule has 0 aliphatic heterocycles. The molecule has 2 aliphatic rings. The van der Waals surface area contributed by atoms with Gasteiger partial charge in [-0.15, -0.1) is 0 Å². The Balaban J connectivity index is 1.68. The Labute approximate surface area is 197 Å². The third kappa shape index (κ3) is 5.18. The SMILES string of the molecule is Cc1ccc(S(=O)(=O)OC[C@H](C)[C@H]2CC[C@H]3[C@@H](O[Si](C)(C)C(C)(C)C)CCC[C@]23C)cc1. The van der Waals surface area contributed by atoms with Crippen LogP contribution in [-0.4, -0.2) is 29.4 Å². The lowest BCUT2D eigenvalue weighted by molar-refractivity contribution is -0.0245. The monoisotopic (exact) mass is 480 g/mol. The highest BCUT2D eigenvalue weighted by molar-refractivity contribution is 7.86. The zero-order chi connectivity index (χ0) is 23.9. The van der Waals surface area contributed by atoms with Crippen molar-refractivity contribution in [3.05, 3.63) is 29.8 Å². The average molecular weight is 481 g/mol. The molecule has 6 heteroatoms. The van der Waals surface area contributed by atoms with E-state index in [2.05, 4.69) is 47.7 Å². The smallest absolute Gasteiger partial charge is 0.296 e. The highest BCUT2D eigenvalue weighted by atomic mass is 32.2. The van der Waals surface area contributed by atoms with Gasteiger partial charge in [0.15, 0.2) is 8.32 Å². The molecular formula is C26H44O4SSi. The van der Waals surface area contributed by atoms with Crippen molar-refractivity contribution in [1.29, 1.82) is 0 Å². The standard InChI is InChI=1S/C26H44O4SSi/c1-19-11-13-21(14-12-19)31(27,28)29-18-20(2)22-15-16-23-24(10-9-17-26(22,23)6)30-32(7,8)25(3,4)5/h11-14,20,22-24H,9-10,15-18H2,1-8H3/t20-,22+,23-,24-,26+/m0/s1. The van der Waals surface area contributed by atoms with Crippen LogP contribution >= 0.6 is 0 Å². The van der Waals surface area contributed by atoms with E-state index in [4.69, 9.17) is 8.61 Å². The first-order valence-corrected chi connectivity index (χ1v) is 16.6. The van der Waals surface area contributed by atoms with Crippen molar-refractivity contribution in [1.82, 2.24) is 0 Å². The van der Waals surface area contributed by atoms with Crippen LogP contribution in [-0.2, 0) is 18.7 Å². The molecule has 5 atom stereocenters. The molecule has 182 valence electrons. The molecule has 0 aromatic heterocycles. The molecule has 0 saturated heterocycles. The molecule has 1 aromatic rings. The molecule has 0 bridgehead atoms. The van der Waals surface area contributed by atoms with E-state index in [9.17, 15) is 8.42 Å². The van der Waals surface area contributed by atoms with Crippen LogP contribution in [0.5, 0.6) is 0 Å². The minimum absolute atomic E-state index is 0.192. The van der Waals surface area contributed by atoms with E-state index in [-0.39, 0.29) is 27.9 Å². The molecule has 4 nitrogen and oxygen atoms in total. The Hall–Kier alpha value is -0.693. The normalized spacial score (nSPS) is 30.2. The van der Waals surface area contributed by atoms with E-state index in [0.29, 0.717) is 17.9 Å². The van der Waals surface area contributed by atoms with Gasteiger partial charge < -0.3 is 4.43 Å². The number of hydrogen-bond donors (Lipinski definition) is 0. The molecule has 0 amide bonds. The van der Waals surface area contributed by atoms with E-state index in [1.54, 1.807) is 12.1 Å². The van der Waals surface area contributed by atoms with E-state index >= 15 is 0 Å². The van der Waals surface area contributed by atoms with Crippen LogP contribution in [0.15, 0.2) is 29.2 Å². The minimum Gasteiger partial charge on any atom is -0.414 e. The van der Waals surface area contributed by atoms with Gasteiger partial charge in [0.25, 0.3) is 10.1 Å². The topological polar surface area (TPSA) is 52.6 Å². The Morgan fingerprint density at radius 1 is 1.12 bits per heavy atom. The van der Waals surface area contributed by atoms with Crippen molar-refractivity contribution in [3.8, 4) is 0 Å². The largest absolute Gasteiger partial charge is 0.414 e. The van der Waals surface area contributed by atoms with E-state index in [1.165, 1.54) is 19.3 Å². The number of fused-ring (bicyclic) bond motifs is 1. The maximum Gasteiger partial charge on any atom is 0.296 e. The second-order valence-corrected chi connectivity index (χ2v) is 18.5. The van der Waals surface area contributed by atoms with Gasteiger partial charge in [0.1, 0.15) is 0 Å². The van der Waals surface area contributed by atoms with Crippen molar-refractivity contribution in [3.63, 3.8) is 0 Å². The highest BCUT2D eigenvalue weighted by Gasteiger charge is 2.54. The Bertz CT molecular complexity index is 887. The summed E-state index contributed by atoms with van der Waals surface area (Å²) in [4.78, 5) is 0.242. The Morgan fingerprint density at radius 3 is 2.34 bits per heavy atom. The molecule has 0 radical (unpaired) electrons. The molecule has 2 saturated carbocycles. The first-order chi connectivity index (χ1) is 14.7. The summed E-state index contributed by atoms with van der Waals surface area (Å²) in [5.41, 5.74) is 1.23. The predicted molar refractivity (Wildman–Crippen MR) is 134 cm³/mol. The lowest BCUT2D eigenvalue weighted by Crippen LogP contribution is -2.50. The van der Waals surface area contributed by atoms with Crippen LogP contribution in [0.4, 0.5) is 0 Å². The quantitative estimate of drug-likeness (QED) is 0.313. The number of aryl methyl sites for hydroxylation is 1. The number of hydrogen-bond acceptors (Lipinski definition) is 4. The molecule has 0 N–H and O–H groups in total. The summed E-state index contributed by atoms with van der Waals surface area (Å²) >= 11 is 0. The van der Waals surface area contributed by atoms with Crippen LogP contribution in [0.1, 0.15) is 72.3 Å². The van der Waals surface area contributed by atoms with E-state index < -0.39 is 18.4 Å². The average Bonchev–Trinajstić information content (AvgIpc) is 3.03. The van der Waals surface area contributed by atoms with Gasteiger partial charge in [-0.1, -0.05) is 58.7 Å². The van der Waals surface area contributed by atoms with Crippen LogP contribution in [0.3, 0.4) is 0 Å². The van der Waals surface area contributed by atoms with Gasteiger partial charge in [0.05, 0.1) is 11.5 Å². The molecule has 3 rings (SSSR count). The van der Waals surface area contributed by atoms with Crippen molar-refractivity contribution in [2.75, 3.05) is 6.61 Å². The summed E-state index contributed by atoms with van der Waals surface area (Å²) in [6.45, 7) is 18.4. The second kappa shape index (κ2) is 9.16. The predicted octanol–water partition coefficient (Wildman–Crippen LogP) is 6.94. The van der Waals surface area contributed by atoms with Crippen LogP contribution in [0.2, 0.25) is 18.1 Å². The van der Waals surface area contributed by atoms with Gasteiger partial charge in [-0.05, 0) is 86.0 Å². The zero-order valence-corrected chi connectivity index (χ0v) is 23.2. The summed E-state index contributed by atoms with van der Waals surface area (Å²) in [7, 11) is -5.54. The van der Waals surface area contributed by atoms with Gasteiger partial charge in [-0.25, -0.2) is 0 Å². The Morgan fingerprint density at radius 2 is 1.75 bits per heavy atom. The van der Waals surface area contributed by atoms with Crippen molar-refractivity contribution in [2.45, 2.75) is 103 Å². The molecular weight excluding hydrogens is 436 g/mol. The first-order valence-electron chi connectivity index (χ1n) is 12.3. The van der Waals surface area contributed by atoms with E-state index in [1.807, 2.05) is 19.1 Å². The van der Waals surface area contributed by atoms with Gasteiger partial charge in [-0.2, -0.15) is 8.42 Å². The summed E-state index contributed by atoms with van der Waals surface area (Å²) in [5.74, 6) is 1.22. The molecule has 32 heavy (non-hydrogen) atoms. The van der Waals surface area contributed by atoms with Crippen LogP contribution in [0.25, 0.3) is 0 Å². The first kappa shape index (κ1) is 25.9. The third-order valence-electron chi connectivity index (χ3n) is 8.87. The lowest BCUT2D eigenvalue weighted by Gasteiger charge is -2.49. The van der Waals surface area contributed by atoms with Gasteiger partial charge >= 0.3 is 0 Å². The lowest BCUT2D eigenvalue weighted by atomic mass is 9.62. The fraction of sp³-hybridized carbons (Fsp3) is 0.769. The molecule has 2 fully saturated rings.